The number of anilines is 1. The maximum absolute atomic E-state index is 4.53. The number of nitrogens with zero attached hydrogens (tertiary/aromatic N) is 2. The normalized spacial score (nSPS) is 10.8. The number of nitrogens with one attached hydrogen (secondary N) is 1. The van der Waals surface area contributed by atoms with Crippen LogP contribution in [0.4, 0.5) is 5.95 Å². The molecule has 1 N–H and O–H groups in total. The van der Waals surface area contributed by atoms with Gasteiger partial charge >= 0.3 is 0 Å². The van der Waals surface area contributed by atoms with E-state index in [1.54, 1.807) is 18.0 Å². The van der Waals surface area contributed by atoms with Crippen LogP contribution in [0.5, 0.6) is 0 Å². The van der Waals surface area contributed by atoms with E-state index in [2.05, 4.69) is 73.7 Å². The van der Waals surface area contributed by atoms with Crippen LogP contribution >= 0.6 is 27.7 Å². The van der Waals surface area contributed by atoms with Crippen LogP contribution in [0.1, 0.15) is 6.92 Å². The van der Waals surface area contributed by atoms with Gasteiger partial charge in [-0.15, -0.1) is 0 Å². The molecule has 0 saturated heterocycles. The lowest BCUT2D eigenvalue weighted by molar-refractivity contribution is 0.999. The third-order valence-electron chi connectivity index (χ3n) is 2.98. The lowest BCUT2D eigenvalue weighted by atomic mass is 10.1. The van der Waals surface area contributed by atoms with Crippen molar-refractivity contribution in [3.05, 3.63) is 53.1 Å². The molecule has 1 heterocycles. The highest BCUT2D eigenvalue weighted by atomic mass is 79.9. The van der Waals surface area contributed by atoms with Gasteiger partial charge in [-0.2, -0.15) is 0 Å². The first kappa shape index (κ1) is 14.4. The zero-order valence-electron chi connectivity index (χ0n) is 11.5. The molecule has 3 aromatic rings. The number of hydrogen-bond donors (Lipinski definition) is 1. The smallest absolute Gasteiger partial charge is 0.223 e. The topological polar surface area (TPSA) is 37.8 Å². The maximum Gasteiger partial charge on any atom is 0.223 e. The first-order valence-corrected chi connectivity index (χ1v) is 8.30. The second-order valence-electron chi connectivity index (χ2n) is 4.49. The highest BCUT2D eigenvalue weighted by molar-refractivity contribution is 9.10. The van der Waals surface area contributed by atoms with E-state index in [1.807, 2.05) is 6.92 Å². The predicted octanol–water partition coefficient (Wildman–Crippen LogP) is 4.98. The van der Waals surface area contributed by atoms with Crippen LogP contribution in [0.25, 0.3) is 10.8 Å². The molecule has 0 radical (unpaired) electrons. The molecule has 5 heteroatoms. The van der Waals surface area contributed by atoms with Crippen LogP contribution < -0.4 is 5.32 Å². The number of fused-ring (bicyclic) bond motifs is 1. The Morgan fingerprint density at radius 3 is 2.76 bits per heavy atom. The fourth-order valence-corrected chi connectivity index (χ4v) is 3.27. The molecule has 0 aliphatic heterocycles. The quantitative estimate of drug-likeness (QED) is 0.667. The Kier molecular flexibility index (Phi) is 4.41. The minimum absolute atomic E-state index is 0.656. The summed E-state index contributed by atoms with van der Waals surface area (Å²) in [6.45, 7) is 2.84. The molecular formula is C16H14BrN3S. The van der Waals surface area contributed by atoms with Gasteiger partial charge in [0.05, 0.1) is 4.47 Å². The molecule has 0 saturated carbocycles. The summed E-state index contributed by atoms with van der Waals surface area (Å²) in [6, 6.07) is 14.8. The van der Waals surface area contributed by atoms with E-state index in [9.17, 15) is 0 Å². The molecule has 21 heavy (non-hydrogen) atoms. The number of halogens is 1. The average molecular weight is 360 g/mol. The Labute approximate surface area is 136 Å². The Hall–Kier alpha value is -1.59. The van der Waals surface area contributed by atoms with Gasteiger partial charge < -0.3 is 5.32 Å². The van der Waals surface area contributed by atoms with Gasteiger partial charge in [0.15, 0.2) is 0 Å². The van der Waals surface area contributed by atoms with Gasteiger partial charge in [0.1, 0.15) is 5.03 Å². The summed E-state index contributed by atoms with van der Waals surface area (Å²) in [7, 11) is 0. The minimum atomic E-state index is 0.656. The monoisotopic (exact) mass is 359 g/mol. The fourth-order valence-electron chi connectivity index (χ4n) is 2.01. The van der Waals surface area contributed by atoms with Gasteiger partial charge in [-0.3, -0.25) is 0 Å². The Morgan fingerprint density at radius 1 is 1.14 bits per heavy atom. The summed E-state index contributed by atoms with van der Waals surface area (Å²) in [5.41, 5.74) is 0. The van der Waals surface area contributed by atoms with Crippen LogP contribution in [0.15, 0.2) is 63.1 Å². The molecule has 3 nitrogen and oxygen atoms in total. The number of hydrogen-bond acceptors (Lipinski definition) is 4. The third kappa shape index (κ3) is 3.36. The average Bonchev–Trinajstić information content (AvgIpc) is 2.51. The van der Waals surface area contributed by atoms with Gasteiger partial charge in [-0.05, 0) is 45.8 Å². The number of benzene rings is 2. The largest absolute Gasteiger partial charge is 0.354 e. The molecular weight excluding hydrogens is 346 g/mol. The molecule has 0 fully saturated rings. The van der Waals surface area contributed by atoms with Crippen molar-refractivity contribution in [1.29, 1.82) is 0 Å². The van der Waals surface area contributed by atoms with Crippen LogP contribution in [-0.4, -0.2) is 16.5 Å². The van der Waals surface area contributed by atoms with Crippen molar-refractivity contribution in [2.75, 3.05) is 11.9 Å². The zero-order valence-corrected chi connectivity index (χ0v) is 13.9. The van der Waals surface area contributed by atoms with Gasteiger partial charge in [-0.1, -0.05) is 42.1 Å². The minimum Gasteiger partial charge on any atom is -0.354 e. The molecule has 0 spiro atoms. The van der Waals surface area contributed by atoms with E-state index in [1.165, 1.54) is 10.8 Å². The SMILES string of the molecule is CCNc1ncc(Br)c(Sc2ccc3ccccc3c2)n1. The van der Waals surface area contributed by atoms with Crippen LogP contribution in [0, 0.1) is 0 Å². The first-order valence-electron chi connectivity index (χ1n) is 6.69. The van der Waals surface area contributed by atoms with Gasteiger partial charge in [0, 0.05) is 17.6 Å². The molecule has 106 valence electrons. The molecule has 0 amide bonds. The van der Waals surface area contributed by atoms with E-state index in [-0.39, 0.29) is 0 Å². The lowest BCUT2D eigenvalue weighted by Crippen LogP contribution is -2.02. The van der Waals surface area contributed by atoms with Crippen LogP contribution in [-0.2, 0) is 0 Å². The summed E-state index contributed by atoms with van der Waals surface area (Å²) in [4.78, 5) is 9.93. The van der Waals surface area contributed by atoms with Crippen molar-refractivity contribution in [1.82, 2.24) is 9.97 Å². The Balaban J connectivity index is 1.92. The molecule has 2 aromatic carbocycles. The predicted molar refractivity (Wildman–Crippen MR) is 92.0 cm³/mol. The molecule has 0 atom stereocenters. The summed E-state index contributed by atoms with van der Waals surface area (Å²) < 4.78 is 0.905. The zero-order chi connectivity index (χ0) is 14.7. The van der Waals surface area contributed by atoms with Gasteiger partial charge in [-0.25, -0.2) is 9.97 Å². The third-order valence-corrected chi connectivity index (χ3v) is 4.82. The maximum atomic E-state index is 4.53. The van der Waals surface area contributed by atoms with Crippen molar-refractivity contribution in [3.8, 4) is 0 Å². The summed E-state index contributed by atoms with van der Waals surface area (Å²) in [6.07, 6.45) is 1.79. The van der Waals surface area contributed by atoms with E-state index in [4.69, 9.17) is 0 Å². The van der Waals surface area contributed by atoms with Crippen molar-refractivity contribution in [2.24, 2.45) is 0 Å². The first-order chi connectivity index (χ1) is 10.3. The summed E-state index contributed by atoms with van der Waals surface area (Å²) >= 11 is 5.15. The molecule has 3 rings (SSSR count). The number of rotatable bonds is 4. The second-order valence-corrected chi connectivity index (χ2v) is 6.40. The molecule has 1 aromatic heterocycles. The van der Waals surface area contributed by atoms with E-state index in [0.29, 0.717) is 5.95 Å². The Morgan fingerprint density at radius 2 is 1.95 bits per heavy atom. The Bertz CT molecular complexity index is 776. The molecule has 0 aliphatic rings. The lowest BCUT2D eigenvalue weighted by Gasteiger charge is -2.07. The molecule has 0 aliphatic carbocycles. The van der Waals surface area contributed by atoms with Crippen molar-refractivity contribution in [2.45, 2.75) is 16.8 Å². The van der Waals surface area contributed by atoms with E-state index >= 15 is 0 Å². The van der Waals surface area contributed by atoms with Gasteiger partial charge in [0.25, 0.3) is 0 Å². The highest BCUT2D eigenvalue weighted by Gasteiger charge is 2.07. The second kappa shape index (κ2) is 6.45. The van der Waals surface area contributed by atoms with Crippen molar-refractivity contribution in [3.63, 3.8) is 0 Å². The van der Waals surface area contributed by atoms with Gasteiger partial charge in [0.2, 0.25) is 5.95 Å². The number of aromatic nitrogens is 2. The summed E-state index contributed by atoms with van der Waals surface area (Å²) in [5.74, 6) is 0.656. The standard InChI is InChI=1S/C16H14BrN3S/c1-2-18-16-19-10-14(17)15(20-16)21-13-8-7-11-5-3-4-6-12(11)9-13/h3-10H,2H2,1H3,(H,18,19,20). The van der Waals surface area contributed by atoms with Crippen LogP contribution in [0.3, 0.4) is 0 Å². The van der Waals surface area contributed by atoms with Crippen molar-refractivity contribution < 1.29 is 0 Å². The highest BCUT2D eigenvalue weighted by Crippen LogP contribution is 2.33. The molecule has 0 unspecified atom stereocenters. The van der Waals surface area contributed by atoms with E-state index < -0.39 is 0 Å². The fraction of sp³-hybridized carbons (Fsp3) is 0.125. The van der Waals surface area contributed by atoms with Crippen molar-refractivity contribution >= 4 is 44.4 Å². The van der Waals surface area contributed by atoms with E-state index in [0.717, 1.165) is 20.9 Å². The summed E-state index contributed by atoms with van der Waals surface area (Å²) in [5, 5.41) is 6.53. The molecule has 0 bridgehead atoms. The van der Waals surface area contributed by atoms with Crippen LogP contribution in [0.2, 0.25) is 0 Å².